The van der Waals surface area contributed by atoms with Crippen LogP contribution in [-0.4, -0.2) is 6.54 Å². The molecule has 0 aromatic heterocycles. The second-order valence-corrected chi connectivity index (χ2v) is 6.40. The Morgan fingerprint density at radius 3 is 2.50 bits per heavy atom. The van der Waals surface area contributed by atoms with Gasteiger partial charge in [-0.05, 0) is 52.1 Å². The molecule has 1 rings (SSSR count). The van der Waals surface area contributed by atoms with Gasteiger partial charge in [0.25, 0.3) is 0 Å². The van der Waals surface area contributed by atoms with Crippen molar-refractivity contribution in [3.05, 3.63) is 21.8 Å². The van der Waals surface area contributed by atoms with Crippen LogP contribution in [0.25, 0.3) is 0 Å². The molecular weight excluding hydrogens is 311 g/mol. The third kappa shape index (κ3) is 3.54. The molecule has 0 saturated carbocycles. The van der Waals surface area contributed by atoms with Gasteiger partial charge in [0.1, 0.15) is 0 Å². The van der Waals surface area contributed by atoms with Crippen LogP contribution >= 0.6 is 22.6 Å². The van der Waals surface area contributed by atoms with Crippen molar-refractivity contribution in [1.29, 1.82) is 0 Å². The quantitative estimate of drug-likeness (QED) is 0.647. The molecule has 0 atom stereocenters. The number of nitrogen functional groups attached to an aromatic ring is 1. The van der Waals surface area contributed by atoms with Crippen molar-refractivity contribution in [2.75, 3.05) is 17.6 Å². The van der Waals surface area contributed by atoms with E-state index in [1.165, 1.54) is 9.26 Å². The largest absolute Gasteiger partial charge is 0.399 e. The molecule has 0 unspecified atom stereocenters. The molecule has 3 heteroatoms. The number of anilines is 2. The van der Waals surface area contributed by atoms with Crippen LogP contribution in [-0.2, 0) is 0 Å². The molecule has 0 saturated heterocycles. The average Bonchev–Trinajstić information content (AvgIpc) is 2.16. The van der Waals surface area contributed by atoms with E-state index in [1.807, 2.05) is 18.2 Å². The molecule has 0 aliphatic carbocycles. The summed E-state index contributed by atoms with van der Waals surface area (Å²) in [4.78, 5) is 0. The maximum atomic E-state index is 5.73. The molecule has 0 spiro atoms. The number of benzene rings is 1. The molecule has 0 fully saturated rings. The van der Waals surface area contributed by atoms with Gasteiger partial charge in [-0.25, -0.2) is 0 Å². The van der Waals surface area contributed by atoms with E-state index in [0.717, 1.165) is 12.2 Å². The van der Waals surface area contributed by atoms with Gasteiger partial charge in [-0.15, -0.1) is 0 Å². The number of nitrogens with two attached hydrogens (primary N) is 1. The van der Waals surface area contributed by atoms with Crippen LogP contribution in [0, 0.1) is 14.9 Å². The Balaban J connectivity index is 2.68. The fourth-order valence-electron chi connectivity index (χ4n) is 1.20. The van der Waals surface area contributed by atoms with E-state index in [0.29, 0.717) is 11.3 Å². The zero-order valence-corrected chi connectivity index (χ0v) is 12.6. The van der Waals surface area contributed by atoms with Crippen LogP contribution in [0.2, 0.25) is 0 Å². The third-order valence-electron chi connectivity index (χ3n) is 3.29. The monoisotopic (exact) mass is 332 g/mol. The molecule has 2 nitrogen and oxygen atoms in total. The Labute approximate surface area is 112 Å². The smallest absolute Gasteiger partial charge is 0.0477 e. The van der Waals surface area contributed by atoms with Crippen molar-refractivity contribution in [1.82, 2.24) is 0 Å². The van der Waals surface area contributed by atoms with Crippen molar-refractivity contribution >= 4 is 34.0 Å². The van der Waals surface area contributed by atoms with Crippen LogP contribution in [0.15, 0.2) is 18.2 Å². The van der Waals surface area contributed by atoms with Crippen molar-refractivity contribution < 1.29 is 0 Å². The number of hydrogen-bond acceptors (Lipinski definition) is 2. The van der Waals surface area contributed by atoms with Crippen molar-refractivity contribution in [3.8, 4) is 0 Å². The van der Waals surface area contributed by atoms with E-state index >= 15 is 0 Å². The van der Waals surface area contributed by atoms with Gasteiger partial charge in [0.15, 0.2) is 0 Å². The summed E-state index contributed by atoms with van der Waals surface area (Å²) in [5, 5.41) is 3.50. The first kappa shape index (κ1) is 13.6. The second kappa shape index (κ2) is 5.25. The molecular formula is C13H21IN2. The molecule has 16 heavy (non-hydrogen) atoms. The lowest BCUT2D eigenvalue weighted by Gasteiger charge is -2.30. The summed E-state index contributed by atoms with van der Waals surface area (Å²) in [6, 6.07) is 5.98. The van der Waals surface area contributed by atoms with E-state index in [9.17, 15) is 0 Å². The predicted molar refractivity (Wildman–Crippen MR) is 80.7 cm³/mol. The van der Waals surface area contributed by atoms with Crippen LogP contribution in [0.1, 0.15) is 27.7 Å². The maximum absolute atomic E-state index is 5.73. The molecule has 0 amide bonds. The van der Waals surface area contributed by atoms with E-state index in [-0.39, 0.29) is 0 Å². The van der Waals surface area contributed by atoms with Crippen LogP contribution in [0.5, 0.6) is 0 Å². The highest BCUT2D eigenvalue weighted by Gasteiger charge is 2.22. The molecule has 0 aliphatic heterocycles. The summed E-state index contributed by atoms with van der Waals surface area (Å²) in [6.07, 6.45) is 0. The van der Waals surface area contributed by atoms with Gasteiger partial charge < -0.3 is 11.1 Å². The minimum Gasteiger partial charge on any atom is -0.399 e. The first-order valence-corrected chi connectivity index (χ1v) is 6.69. The fraction of sp³-hybridized carbons (Fsp3) is 0.538. The maximum Gasteiger partial charge on any atom is 0.0477 e. The summed E-state index contributed by atoms with van der Waals surface area (Å²) in [5.41, 5.74) is 8.01. The highest BCUT2D eigenvalue weighted by atomic mass is 127. The SMILES string of the molecule is CC(C)C(C)(C)CNc1ccc(N)cc1I. The summed E-state index contributed by atoms with van der Waals surface area (Å²) in [5.74, 6) is 0.659. The predicted octanol–water partition coefficient (Wildman–Crippen LogP) is 3.97. The molecule has 1 aromatic carbocycles. The number of hydrogen-bond donors (Lipinski definition) is 2. The highest BCUT2D eigenvalue weighted by Crippen LogP contribution is 2.28. The zero-order valence-electron chi connectivity index (χ0n) is 10.5. The van der Waals surface area contributed by atoms with Crippen molar-refractivity contribution in [2.45, 2.75) is 27.7 Å². The minimum absolute atomic E-state index is 0.296. The number of nitrogens with one attached hydrogen (secondary N) is 1. The van der Waals surface area contributed by atoms with Crippen LogP contribution in [0.4, 0.5) is 11.4 Å². The van der Waals surface area contributed by atoms with Crippen LogP contribution in [0.3, 0.4) is 0 Å². The van der Waals surface area contributed by atoms with E-state index in [1.54, 1.807) is 0 Å². The standard InChI is InChI=1S/C13H21IN2/c1-9(2)13(3,4)8-16-12-6-5-10(15)7-11(12)14/h5-7,9,16H,8,15H2,1-4H3. The Hall–Kier alpha value is -0.450. The number of halogens is 1. The van der Waals surface area contributed by atoms with Gasteiger partial charge in [0.2, 0.25) is 0 Å². The van der Waals surface area contributed by atoms with E-state index in [4.69, 9.17) is 5.73 Å². The first-order chi connectivity index (χ1) is 7.33. The Bertz CT molecular complexity index is 359. The van der Waals surface area contributed by atoms with Gasteiger partial charge in [0, 0.05) is 21.5 Å². The van der Waals surface area contributed by atoms with Gasteiger partial charge in [-0.1, -0.05) is 27.7 Å². The lowest BCUT2D eigenvalue weighted by atomic mass is 9.81. The average molecular weight is 332 g/mol. The molecule has 0 heterocycles. The zero-order chi connectivity index (χ0) is 12.3. The summed E-state index contributed by atoms with van der Waals surface area (Å²) in [7, 11) is 0. The van der Waals surface area contributed by atoms with Crippen LogP contribution < -0.4 is 11.1 Å². The van der Waals surface area contributed by atoms with Gasteiger partial charge >= 0.3 is 0 Å². The first-order valence-electron chi connectivity index (χ1n) is 5.62. The molecule has 0 radical (unpaired) electrons. The summed E-state index contributed by atoms with van der Waals surface area (Å²) in [6.45, 7) is 10.1. The van der Waals surface area contributed by atoms with E-state index < -0.39 is 0 Å². The molecule has 1 aromatic rings. The summed E-state index contributed by atoms with van der Waals surface area (Å²) < 4.78 is 1.18. The van der Waals surface area contributed by atoms with Crippen molar-refractivity contribution in [3.63, 3.8) is 0 Å². The minimum atomic E-state index is 0.296. The third-order valence-corrected chi connectivity index (χ3v) is 4.18. The normalized spacial score (nSPS) is 11.9. The second-order valence-electron chi connectivity index (χ2n) is 5.24. The highest BCUT2D eigenvalue weighted by molar-refractivity contribution is 14.1. The van der Waals surface area contributed by atoms with E-state index in [2.05, 4.69) is 55.6 Å². The lowest BCUT2D eigenvalue weighted by molar-refractivity contribution is 0.269. The van der Waals surface area contributed by atoms with Gasteiger partial charge in [0.05, 0.1) is 0 Å². The van der Waals surface area contributed by atoms with Gasteiger partial charge in [-0.2, -0.15) is 0 Å². The Morgan fingerprint density at radius 1 is 1.38 bits per heavy atom. The lowest BCUT2D eigenvalue weighted by Crippen LogP contribution is -2.28. The molecule has 90 valence electrons. The Kier molecular flexibility index (Phi) is 4.47. The number of rotatable bonds is 4. The molecule has 0 aliphatic rings. The van der Waals surface area contributed by atoms with Crippen molar-refractivity contribution in [2.24, 2.45) is 11.3 Å². The fourth-order valence-corrected chi connectivity index (χ4v) is 1.93. The molecule has 0 bridgehead atoms. The summed E-state index contributed by atoms with van der Waals surface area (Å²) >= 11 is 2.31. The Morgan fingerprint density at radius 2 is 2.00 bits per heavy atom. The molecule has 3 N–H and O–H groups in total. The van der Waals surface area contributed by atoms with Gasteiger partial charge in [-0.3, -0.25) is 0 Å². The topological polar surface area (TPSA) is 38.0 Å².